The van der Waals surface area contributed by atoms with E-state index < -0.39 is 5.41 Å². The third kappa shape index (κ3) is 2.73. The molecule has 0 amide bonds. The Morgan fingerprint density at radius 1 is 1.40 bits per heavy atom. The largest absolute Gasteiger partial charge is 0.468 e. The number of carbonyl (C=O) groups excluding carboxylic acids is 1. The number of benzene rings is 1. The van der Waals surface area contributed by atoms with Gasteiger partial charge in [-0.15, -0.1) is 11.3 Å². The summed E-state index contributed by atoms with van der Waals surface area (Å²) in [4.78, 5) is 17.6. The first-order valence-electron chi connectivity index (χ1n) is 6.37. The van der Waals surface area contributed by atoms with Crippen LogP contribution in [0.5, 0.6) is 0 Å². The van der Waals surface area contributed by atoms with E-state index in [0.29, 0.717) is 6.42 Å². The van der Waals surface area contributed by atoms with Crippen molar-refractivity contribution < 1.29 is 9.53 Å². The third-order valence-electron chi connectivity index (χ3n) is 3.40. The minimum Gasteiger partial charge on any atom is -0.468 e. The first kappa shape index (κ1) is 14.7. The number of aromatic nitrogens is 1. The summed E-state index contributed by atoms with van der Waals surface area (Å²) in [6.45, 7) is 2.14. The molecule has 2 aromatic rings. The summed E-state index contributed by atoms with van der Waals surface area (Å²) in [5.74, 6) is -0.308. The van der Waals surface area contributed by atoms with Crippen molar-refractivity contribution in [2.75, 3.05) is 13.7 Å². The molecule has 2 rings (SSSR count). The van der Waals surface area contributed by atoms with E-state index in [-0.39, 0.29) is 12.5 Å². The van der Waals surface area contributed by atoms with E-state index in [1.165, 1.54) is 7.11 Å². The van der Waals surface area contributed by atoms with E-state index in [1.807, 2.05) is 37.3 Å². The molecule has 0 spiro atoms. The molecule has 0 radical (unpaired) electrons. The number of nitrogens with two attached hydrogens (primary N) is 1. The molecule has 0 aliphatic carbocycles. The summed E-state index contributed by atoms with van der Waals surface area (Å²) in [6.07, 6.45) is 2.31. The molecule has 0 saturated carbocycles. The van der Waals surface area contributed by atoms with Crippen molar-refractivity contribution in [3.05, 3.63) is 52.0 Å². The van der Waals surface area contributed by atoms with Gasteiger partial charge in [0, 0.05) is 24.0 Å². The summed E-state index contributed by atoms with van der Waals surface area (Å²) in [5.41, 5.74) is 5.98. The van der Waals surface area contributed by atoms with Crippen LogP contribution in [-0.4, -0.2) is 24.6 Å². The Hall–Kier alpha value is -1.72. The van der Waals surface area contributed by atoms with Crippen LogP contribution in [0, 0.1) is 6.92 Å². The van der Waals surface area contributed by atoms with E-state index in [2.05, 4.69) is 4.98 Å². The second-order valence-corrected chi connectivity index (χ2v) is 5.99. The number of thiazole rings is 1. The minimum absolute atomic E-state index is 0.195. The van der Waals surface area contributed by atoms with Gasteiger partial charge in [-0.25, -0.2) is 4.98 Å². The van der Waals surface area contributed by atoms with Crippen LogP contribution in [0.25, 0.3) is 0 Å². The van der Waals surface area contributed by atoms with Crippen molar-refractivity contribution in [2.45, 2.75) is 18.8 Å². The SMILES string of the molecule is COC(=O)C(CN)(Cc1cnc(C)s1)c1ccccc1. The number of methoxy groups -OCH3 is 1. The standard InChI is InChI=1S/C15H18N2O2S/c1-11-17-9-13(20-11)8-15(10-16,14(18)19-2)12-6-4-3-5-7-12/h3-7,9H,8,10,16H2,1-2H3. The van der Waals surface area contributed by atoms with Crippen molar-refractivity contribution in [3.8, 4) is 0 Å². The quantitative estimate of drug-likeness (QED) is 0.856. The zero-order chi connectivity index (χ0) is 14.6. The molecule has 106 valence electrons. The van der Waals surface area contributed by atoms with Crippen molar-refractivity contribution in [2.24, 2.45) is 5.73 Å². The van der Waals surface area contributed by atoms with Crippen molar-refractivity contribution >= 4 is 17.3 Å². The van der Waals surface area contributed by atoms with Gasteiger partial charge in [0.1, 0.15) is 5.41 Å². The Bertz CT molecular complexity index is 583. The maximum absolute atomic E-state index is 12.4. The number of nitrogens with zero attached hydrogens (tertiary/aromatic N) is 1. The van der Waals surface area contributed by atoms with Gasteiger partial charge in [0.25, 0.3) is 0 Å². The van der Waals surface area contributed by atoms with E-state index in [4.69, 9.17) is 10.5 Å². The van der Waals surface area contributed by atoms with Gasteiger partial charge in [-0.1, -0.05) is 30.3 Å². The summed E-state index contributed by atoms with van der Waals surface area (Å²) in [7, 11) is 1.40. The highest BCUT2D eigenvalue weighted by molar-refractivity contribution is 7.11. The fourth-order valence-electron chi connectivity index (χ4n) is 2.30. The van der Waals surface area contributed by atoms with Gasteiger partial charge in [-0.2, -0.15) is 0 Å². The molecular weight excluding hydrogens is 272 g/mol. The Morgan fingerprint density at radius 2 is 2.10 bits per heavy atom. The molecule has 2 N–H and O–H groups in total. The van der Waals surface area contributed by atoms with Crippen LogP contribution >= 0.6 is 11.3 Å². The summed E-state index contributed by atoms with van der Waals surface area (Å²) in [6, 6.07) is 9.55. The summed E-state index contributed by atoms with van der Waals surface area (Å²) in [5, 5.41) is 0.976. The van der Waals surface area contributed by atoms with Crippen molar-refractivity contribution in [1.82, 2.24) is 4.98 Å². The first-order chi connectivity index (χ1) is 9.62. The Morgan fingerprint density at radius 3 is 2.60 bits per heavy atom. The highest BCUT2D eigenvalue weighted by Gasteiger charge is 2.40. The number of rotatable bonds is 5. The van der Waals surface area contributed by atoms with E-state index in [1.54, 1.807) is 17.5 Å². The van der Waals surface area contributed by atoms with Crippen LogP contribution < -0.4 is 5.73 Å². The lowest BCUT2D eigenvalue weighted by atomic mass is 9.77. The van der Waals surface area contributed by atoms with E-state index >= 15 is 0 Å². The van der Waals surface area contributed by atoms with Gasteiger partial charge in [-0.3, -0.25) is 4.79 Å². The molecule has 1 heterocycles. The number of esters is 1. The Balaban J connectivity index is 2.45. The molecule has 1 atom stereocenters. The lowest BCUT2D eigenvalue weighted by molar-refractivity contribution is -0.147. The molecule has 0 bridgehead atoms. The van der Waals surface area contributed by atoms with Crippen LogP contribution in [0.15, 0.2) is 36.5 Å². The smallest absolute Gasteiger partial charge is 0.317 e. The molecule has 20 heavy (non-hydrogen) atoms. The van der Waals surface area contributed by atoms with E-state index in [9.17, 15) is 4.79 Å². The number of carbonyl (C=O) groups is 1. The van der Waals surface area contributed by atoms with Gasteiger partial charge < -0.3 is 10.5 Å². The predicted molar refractivity (Wildman–Crippen MR) is 79.7 cm³/mol. The number of aryl methyl sites for hydroxylation is 1. The van der Waals surface area contributed by atoms with Crippen LogP contribution in [-0.2, 0) is 21.4 Å². The monoisotopic (exact) mass is 290 g/mol. The normalized spacial score (nSPS) is 13.8. The number of hydrogen-bond donors (Lipinski definition) is 1. The number of hydrogen-bond acceptors (Lipinski definition) is 5. The third-order valence-corrected chi connectivity index (χ3v) is 4.31. The average Bonchev–Trinajstić information content (AvgIpc) is 2.90. The average molecular weight is 290 g/mol. The predicted octanol–water partition coefficient (Wildman–Crippen LogP) is 2.06. The second-order valence-electron chi connectivity index (χ2n) is 4.67. The zero-order valence-electron chi connectivity index (χ0n) is 11.6. The van der Waals surface area contributed by atoms with Crippen molar-refractivity contribution in [3.63, 3.8) is 0 Å². The van der Waals surface area contributed by atoms with Crippen molar-refractivity contribution in [1.29, 1.82) is 0 Å². The summed E-state index contributed by atoms with van der Waals surface area (Å²) >= 11 is 1.58. The van der Waals surface area contributed by atoms with Gasteiger partial charge >= 0.3 is 5.97 Å². The summed E-state index contributed by atoms with van der Waals surface area (Å²) < 4.78 is 5.01. The lowest BCUT2D eigenvalue weighted by Gasteiger charge is -2.29. The molecule has 0 aliphatic heterocycles. The van der Waals surface area contributed by atoms with Crippen LogP contribution in [0.3, 0.4) is 0 Å². The minimum atomic E-state index is -0.852. The fourth-order valence-corrected chi connectivity index (χ4v) is 3.21. The maximum Gasteiger partial charge on any atom is 0.317 e. The Labute approximate surface area is 122 Å². The first-order valence-corrected chi connectivity index (χ1v) is 7.19. The van der Waals surface area contributed by atoms with Crippen LogP contribution in [0.2, 0.25) is 0 Å². The molecule has 0 aliphatic rings. The molecule has 1 unspecified atom stereocenters. The molecular formula is C15H18N2O2S. The van der Waals surface area contributed by atoms with Gasteiger partial charge in [0.15, 0.2) is 0 Å². The lowest BCUT2D eigenvalue weighted by Crippen LogP contribution is -2.45. The number of ether oxygens (including phenoxy) is 1. The van der Waals surface area contributed by atoms with Gasteiger partial charge in [0.2, 0.25) is 0 Å². The molecule has 0 fully saturated rings. The second kappa shape index (κ2) is 6.15. The zero-order valence-corrected chi connectivity index (χ0v) is 12.4. The van der Waals surface area contributed by atoms with Gasteiger partial charge in [-0.05, 0) is 12.5 Å². The van der Waals surface area contributed by atoms with Crippen LogP contribution in [0.4, 0.5) is 0 Å². The molecule has 5 heteroatoms. The van der Waals surface area contributed by atoms with Crippen LogP contribution in [0.1, 0.15) is 15.4 Å². The topological polar surface area (TPSA) is 65.2 Å². The maximum atomic E-state index is 12.4. The van der Waals surface area contributed by atoms with E-state index in [0.717, 1.165) is 15.4 Å². The van der Waals surface area contributed by atoms with Gasteiger partial charge in [0.05, 0.1) is 12.1 Å². The fraction of sp³-hybridized carbons (Fsp3) is 0.333. The molecule has 4 nitrogen and oxygen atoms in total. The Kier molecular flexibility index (Phi) is 4.52. The molecule has 0 saturated heterocycles. The molecule has 1 aromatic heterocycles. The molecule has 1 aromatic carbocycles. The highest BCUT2D eigenvalue weighted by atomic mass is 32.1. The highest BCUT2D eigenvalue weighted by Crippen LogP contribution is 2.31.